The van der Waals surface area contributed by atoms with E-state index < -0.39 is 0 Å². The average molecular weight is 123 g/mol. The van der Waals surface area contributed by atoms with Gasteiger partial charge in [0.1, 0.15) is 0 Å². The highest BCUT2D eigenvalue weighted by Gasteiger charge is 1.79. The number of hydrogen-bond acceptors (Lipinski definition) is 0. The van der Waals surface area contributed by atoms with E-state index in [0.717, 1.165) is 18.4 Å². The normalized spacial score (nSPS) is 10.4. The Balaban J connectivity index is 3.32. The first-order valence-electron chi connectivity index (χ1n) is 3.59. The summed E-state index contributed by atoms with van der Waals surface area (Å²) >= 11 is 0. The Morgan fingerprint density at radius 2 is 2.11 bits per heavy atom. The zero-order chi connectivity index (χ0) is 7.11. The van der Waals surface area contributed by atoms with Gasteiger partial charge in [-0.05, 0) is 18.4 Å². The fourth-order valence-electron chi connectivity index (χ4n) is 0.519. The summed E-state index contributed by atoms with van der Waals surface area (Å²) in [7, 11) is 0. The van der Waals surface area contributed by atoms with Crippen LogP contribution in [0.4, 0.5) is 0 Å². The Hall–Kier alpha value is -0.520. The van der Waals surface area contributed by atoms with Crippen molar-refractivity contribution in [2.75, 3.05) is 0 Å². The van der Waals surface area contributed by atoms with Crippen LogP contribution in [-0.2, 0) is 0 Å². The highest BCUT2D eigenvalue weighted by molar-refractivity contribution is 5.11. The summed E-state index contributed by atoms with van der Waals surface area (Å²) in [5, 5.41) is 0. The van der Waals surface area contributed by atoms with E-state index >= 15 is 0 Å². The largest absolute Gasteiger partial charge is 0.0843 e. The summed E-state index contributed by atoms with van der Waals surface area (Å²) in [5.74, 6) is 0. The molecule has 51 valence electrons. The maximum absolute atomic E-state index is 5.54. The van der Waals surface area contributed by atoms with Crippen LogP contribution in [0.15, 0.2) is 17.7 Å². The molecule has 0 amide bonds. The van der Waals surface area contributed by atoms with Crippen molar-refractivity contribution in [2.24, 2.45) is 0 Å². The Bertz CT molecular complexity index is 98.6. The van der Waals surface area contributed by atoms with Gasteiger partial charge in [0.2, 0.25) is 0 Å². The predicted molar refractivity (Wildman–Crippen MR) is 42.2 cm³/mol. The molecule has 0 aromatic rings. The zero-order valence-electron chi connectivity index (χ0n) is 6.35. The van der Waals surface area contributed by atoms with Gasteiger partial charge in [-0.1, -0.05) is 39.0 Å². The van der Waals surface area contributed by atoms with E-state index in [1.165, 1.54) is 6.42 Å². The van der Waals surface area contributed by atoms with Gasteiger partial charge in [-0.15, -0.1) is 0 Å². The zero-order valence-corrected chi connectivity index (χ0v) is 6.35. The van der Waals surface area contributed by atoms with Crippen LogP contribution in [-0.4, -0.2) is 0 Å². The fourth-order valence-corrected chi connectivity index (χ4v) is 0.519. The van der Waals surface area contributed by atoms with Crippen molar-refractivity contribution in [3.8, 4) is 0 Å². The molecule has 0 aliphatic heterocycles. The minimum Gasteiger partial charge on any atom is -0.0843 e. The molecular formula is C9H15. The third-order valence-corrected chi connectivity index (χ3v) is 1.20. The standard InChI is InChI=1S/C9H15/c1-4-6-7-8-9(3)5-2/h3,7-8H,4-6H2,1-2H3. The fraction of sp³-hybridized carbons (Fsp3) is 0.556. The molecule has 0 aromatic heterocycles. The molecule has 0 rings (SSSR count). The van der Waals surface area contributed by atoms with Crippen LogP contribution in [0, 0.1) is 6.58 Å². The van der Waals surface area contributed by atoms with E-state index in [9.17, 15) is 0 Å². The first-order chi connectivity index (χ1) is 4.31. The lowest BCUT2D eigenvalue weighted by molar-refractivity contribution is 0.955. The van der Waals surface area contributed by atoms with Crippen LogP contribution in [0.2, 0.25) is 0 Å². The van der Waals surface area contributed by atoms with Gasteiger partial charge >= 0.3 is 0 Å². The number of hydrogen-bond donors (Lipinski definition) is 0. The summed E-state index contributed by atoms with van der Waals surface area (Å²) in [4.78, 5) is 0. The van der Waals surface area contributed by atoms with Crippen LogP contribution in [0.1, 0.15) is 33.1 Å². The Morgan fingerprint density at radius 3 is 2.56 bits per heavy atom. The molecule has 0 atom stereocenters. The summed E-state index contributed by atoms with van der Waals surface area (Å²) in [6, 6.07) is 0. The lowest BCUT2D eigenvalue weighted by atomic mass is 10.2. The summed E-state index contributed by atoms with van der Waals surface area (Å²) in [6.45, 7) is 9.76. The second-order valence-corrected chi connectivity index (χ2v) is 2.12. The molecule has 9 heavy (non-hydrogen) atoms. The van der Waals surface area contributed by atoms with Crippen molar-refractivity contribution in [1.82, 2.24) is 0 Å². The quantitative estimate of drug-likeness (QED) is 0.504. The summed E-state index contributed by atoms with van der Waals surface area (Å²) in [6.07, 6.45) is 7.43. The van der Waals surface area contributed by atoms with E-state index in [2.05, 4.69) is 19.9 Å². The van der Waals surface area contributed by atoms with Crippen LogP contribution >= 0.6 is 0 Å². The van der Waals surface area contributed by atoms with Crippen LogP contribution < -0.4 is 0 Å². The van der Waals surface area contributed by atoms with Gasteiger partial charge in [0.05, 0.1) is 0 Å². The van der Waals surface area contributed by atoms with E-state index in [1.807, 2.05) is 6.08 Å². The molecule has 1 radical (unpaired) electrons. The van der Waals surface area contributed by atoms with Crippen LogP contribution in [0.25, 0.3) is 0 Å². The topological polar surface area (TPSA) is 0 Å². The summed E-state index contributed by atoms with van der Waals surface area (Å²) < 4.78 is 0. The Labute approximate surface area is 58.3 Å². The van der Waals surface area contributed by atoms with E-state index in [-0.39, 0.29) is 0 Å². The van der Waals surface area contributed by atoms with Crippen molar-refractivity contribution in [3.05, 3.63) is 24.3 Å². The van der Waals surface area contributed by atoms with Gasteiger partial charge in [-0.3, -0.25) is 0 Å². The number of allylic oxidation sites excluding steroid dienone is 3. The monoisotopic (exact) mass is 123 g/mol. The second-order valence-electron chi connectivity index (χ2n) is 2.12. The maximum Gasteiger partial charge on any atom is -0.0308 e. The molecule has 0 bridgehead atoms. The molecule has 0 unspecified atom stereocenters. The lowest BCUT2D eigenvalue weighted by Crippen LogP contribution is -1.69. The molecule has 0 heterocycles. The molecule has 0 nitrogen and oxygen atoms in total. The van der Waals surface area contributed by atoms with Gasteiger partial charge < -0.3 is 0 Å². The van der Waals surface area contributed by atoms with Crippen molar-refractivity contribution >= 4 is 0 Å². The average Bonchev–Trinajstić information content (AvgIpc) is 1.89. The number of rotatable bonds is 4. The number of unbranched alkanes of at least 4 members (excludes halogenated alkanes) is 1. The minimum absolute atomic E-state index is 0.959. The third kappa shape index (κ3) is 5.35. The minimum atomic E-state index is 0.959. The van der Waals surface area contributed by atoms with Crippen molar-refractivity contribution < 1.29 is 0 Å². The molecular weight excluding hydrogens is 108 g/mol. The van der Waals surface area contributed by atoms with Crippen molar-refractivity contribution in [3.63, 3.8) is 0 Å². The maximum atomic E-state index is 5.54. The van der Waals surface area contributed by atoms with E-state index in [1.54, 1.807) is 0 Å². The highest BCUT2D eigenvalue weighted by atomic mass is 13.9. The molecule has 0 aromatic carbocycles. The second kappa shape index (κ2) is 5.61. The summed E-state index contributed by atoms with van der Waals surface area (Å²) in [5.41, 5.74) is 0.975. The predicted octanol–water partition coefficient (Wildman–Crippen LogP) is 3.11. The first-order valence-corrected chi connectivity index (χ1v) is 3.59. The lowest BCUT2D eigenvalue weighted by Gasteiger charge is -1.89. The first kappa shape index (κ1) is 8.48. The SMILES string of the molecule is [CH]=C(C=CCCC)CC. The van der Waals surface area contributed by atoms with E-state index in [0.29, 0.717) is 0 Å². The van der Waals surface area contributed by atoms with Gasteiger partial charge in [0.15, 0.2) is 0 Å². The van der Waals surface area contributed by atoms with Gasteiger partial charge in [0.25, 0.3) is 0 Å². The highest BCUT2D eigenvalue weighted by Crippen LogP contribution is 1.99. The molecule has 0 heteroatoms. The Kier molecular flexibility index (Phi) is 5.29. The molecule has 0 spiro atoms. The molecule has 0 aliphatic carbocycles. The molecule has 0 N–H and O–H groups in total. The van der Waals surface area contributed by atoms with Gasteiger partial charge in [-0.2, -0.15) is 0 Å². The van der Waals surface area contributed by atoms with Crippen molar-refractivity contribution in [1.29, 1.82) is 0 Å². The van der Waals surface area contributed by atoms with Crippen LogP contribution in [0.3, 0.4) is 0 Å². The third-order valence-electron chi connectivity index (χ3n) is 1.20. The van der Waals surface area contributed by atoms with Gasteiger partial charge in [-0.25, -0.2) is 0 Å². The smallest absolute Gasteiger partial charge is 0.0308 e. The van der Waals surface area contributed by atoms with Crippen molar-refractivity contribution in [2.45, 2.75) is 33.1 Å². The molecule has 0 saturated carbocycles. The van der Waals surface area contributed by atoms with Crippen LogP contribution in [0.5, 0.6) is 0 Å². The van der Waals surface area contributed by atoms with E-state index in [4.69, 9.17) is 6.58 Å². The molecule has 0 saturated heterocycles. The Morgan fingerprint density at radius 1 is 1.44 bits per heavy atom. The van der Waals surface area contributed by atoms with Gasteiger partial charge in [0, 0.05) is 0 Å². The molecule has 0 fully saturated rings. The molecule has 0 aliphatic rings.